The second kappa shape index (κ2) is 13.2. The Labute approximate surface area is 242 Å². The minimum atomic E-state index is -1.48. The Bertz CT molecular complexity index is 1220. The first-order valence-electron chi connectivity index (χ1n) is 14.3. The molecule has 1 aromatic heterocycles. The first kappa shape index (κ1) is 31.6. The summed E-state index contributed by atoms with van der Waals surface area (Å²) in [4.78, 5) is 52.8. The number of amides is 2. The van der Waals surface area contributed by atoms with Crippen molar-refractivity contribution >= 4 is 35.4 Å². The van der Waals surface area contributed by atoms with Crippen LogP contribution in [0.4, 0.5) is 22.2 Å². The molecule has 0 bridgehead atoms. The van der Waals surface area contributed by atoms with Gasteiger partial charge in [-0.25, -0.2) is 14.6 Å². The van der Waals surface area contributed by atoms with E-state index >= 15 is 0 Å². The number of hydrogen-bond acceptors (Lipinski definition) is 8. The van der Waals surface area contributed by atoms with Crippen molar-refractivity contribution in [2.45, 2.75) is 73.3 Å². The second-order valence-electron chi connectivity index (χ2n) is 11.5. The van der Waals surface area contributed by atoms with E-state index in [1.807, 2.05) is 46.4 Å². The van der Waals surface area contributed by atoms with Gasteiger partial charge in [-0.3, -0.25) is 4.79 Å². The monoisotopic (exact) mass is 568 g/mol. The molecular formula is C30H44N6O5. The van der Waals surface area contributed by atoms with Crippen molar-refractivity contribution in [2.24, 2.45) is 5.41 Å². The molecule has 1 fully saturated rings. The van der Waals surface area contributed by atoms with E-state index in [4.69, 9.17) is 9.72 Å². The maximum atomic E-state index is 13.3. The molecule has 11 heteroatoms. The molecule has 1 atom stereocenters. The third-order valence-corrected chi connectivity index (χ3v) is 7.21. The Morgan fingerprint density at radius 2 is 1.61 bits per heavy atom. The number of aromatic nitrogens is 2. The van der Waals surface area contributed by atoms with E-state index in [1.54, 1.807) is 47.2 Å². The third kappa shape index (κ3) is 7.65. The molecule has 2 N–H and O–H groups in total. The smallest absolute Gasteiger partial charge is 0.415 e. The van der Waals surface area contributed by atoms with Crippen molar-refractivity contribution in [3.8, 4) is 5.75 Å². The van der Waals surface area contributed by atoms with Crippen LogP contribution < -0.4 is 19.9 Å². The fraction of sp³-hybridized carbons (Fsp3) is 0.567. The predicted octanol–water partition coefficient (Wildman–Crippen LogP) is 4.81. The topological polar surface area (TPSA) is 128 Å². The van der Waals surface area contributed by atoms with Gasteiger partial charge in [-0.15, -0.1) is 0 Å². The summed E-state index contributed by atoms with van der Waals surface area (Å²) in [5.74, 6) is -0.101. The zero-order valence-corrected chi connectivity index (χ0v) is 25.4. The van der Waals surface area contributed by atoms with E-state index in [0.29, 0.717) is 50.1 Å². The van der Waals surface area contributed by atoms with E-state index < -0.39 is 16.9 Å². The SMILES string of the molecule is CCN(CC)c1ncc(N(CC)C(=O)C(C)(C)C)c(N[C@@](C)(Cc2ccc(OC(=O)N3CCCC3)cc2)C(=O)O)n1. The number of nitrogens with zero attached hydrogens (tertiary/aromatic N) is 5. The highest BCUT2D eigenvalue weighted by Gasteiger charge is 2.37. The number of carboxylic acids is 1. The van der Waals surface area contributed by atoms with Crippen LogP contribution in [0.25, 0.3) is 0 Å². The van der Waals surface area contributed by atoms with Crippen molar-refractivity contribution in [1.82, 2.24) is 14.9 Å². The molecule has 1 aliphatic heterocycles. The van der Waals surface area contributed by atoms with E-state index in [0.717, 1.165) is 18.4 Å². The number of rotatable bonds is 11. The lowest BCUT2D eigenvalue weighted by atomic mass is 9.92. The summed E-state index contributed by atoms with van der Waals surface area (Å²) in [6, 6.07) is 6.83. The average molecular weight is 569 g/mol. The lowest BCUT2D eigenvalue weighted by Crippen LogP contribution is -2.47. The van der Waals surface area contributed by atoms with Crippen molar-refractivity contribution in [2.75, 3.05) is 47.8 Å². The zero-order valence-electron chi connectivity index (χ0n) is 25.4. The van der Waals surface area contributed by atoms with Crippen LogP contribution in [0, 0.1) is 5.41 Å². The standard InChI is InChI=1S/C30H44N6O5/c1-8-34(9-2)27-31-20-23(36(10-3)25(37)29(4,5)6)24(32-27)33-30(7,26(38)39)19-21-13-15-22(16-14-21)41-28(40)35-17-11-12-18-35/h13-16,20H,8-12,17-19H2,1-7H3,(H,38,39)(H,31,32,33)/t30-/m0/s1. The van der Waals surface area contributed by atoms with Crippen LogP contribution in [0.3, 0.4) is 0 Å². The number of carboxylic acid groups (broad SMARTS) is 1. The molecule has 1 aliphatic rings. The normalized spacial score (nSPS) is 14.8. The highest BCUT2D eigenvalue weighted by molar-refractivity contribution is 5.99. The van der Waals surface area contributed by atoms with Crippen molar-refractivity contribution in [3.05, 3.63) is 36.0 Å². The summed E-state index contributed by atoms with van der Waals surface area (Å²) >= 11 is 0. The molecular weight excluding hydrogens is 524 g/mol. The minimum absolute atomic E-state index is 0.103. The van der Waals surface area contributed by atoms with Crippen molar-refractivity contribution in [3.63, 3.8) is 0 Å². The van der Waals surface area contributed by atoms with Crippen LogP contribution in [-0.4, -0.2) is 76.2 Å². The first-order valence-corrected chi connectivity index (χ1v) is 14.3. The summed E-state index contributed by atoms with van der Waals surface area (Å²) in [5.41, 5.74) is -1.01. The minimum Gasteiger partial charge on any atom is -0.480 e. The van der Waals surface area contributed by atoms with Crippen LogP contribution in [0.5, 0.6) is 5.75 Å². The van der Waals surface area contributed by atoms with Gasteiger partial charge in [0.25, 0.3) is 0 Å². The summed E-state index contributed by atoms with van der Waals surface area (Å²) in [6.07, 6.45) is 3.26. The lowest BCUT2D eigenvalue weighted by Gasteiger charge is -2.33. The van der Waals surface area contributed by atoms with Crippen LogP contribution in [0.2, 0.25) is 0 Å². The zero-order chi connectivity index (χ0) is 30.4. The van der Waals surface area contributed by atoms with Crippen molar-refractivity contribution in [1.29, 1.82) is 0 Å². The Morgan fingerprint density at radius 1 is 1.00 bits per heavy atom. The molecule has 224 valence electrons. The van der Waals surface area contributed by atoms with Gasteiger partial charge in [0.05, 0.1) is 6.20 Å². The molecule has 1 saturated heterocycles. The molecule has 3 rings (SSSR count). The average Bonchev–Trinajstić information content (AvgIpc) is 3.47. The third-order valence-electron chi connectivity index (χ3n) is 7.21. The summed E-state index contributed by atoms with van der Waals surface area (Å²) in [6.45, 7) is 16.0. The summed E-state index contributed by atoms with van der Waals surface area (Å²) in [7, 11) is 0. The predicted molar refractivity (Wildman–Crippen MR) is 160 cm³/mol. The van der Waals surface area contributed by atoms with Gasteiger partial charge in [-0.05, 0) is 58.2 Å². The van der Waals surface area contributed by atoms with Gasteiger partial charge in [-0.1, -0.05) is 32.9 Å². The molecule has 2 amide bonds. The first-order chi connectivity index (χ1) is 19.3. The van der Waals surface area contributed by atoms with Gasteiger partial charge in [0, 0.05) is 44.6 Å². The fourth-order valence-corrected chi connectivity index (χ4v) is 4.73. The number of carbonyl (C=O) groups is 3. The van der Waals surface area contributed by atoms with E-state index in [-0.39, 0.29) is 24.2 Å². The van der Waals surface area contributed by atoms with Crippen LogP contribution in [0.1, 0.15) is 66.9 Å². The number of anilines is 3. The van der Waals surface area contributed by atoms with Gasteiger partial charge in [0.2, 0.25) is 11.9 Å². The van der Waals surface area contributed by atoms with E-state index in [9.17, 15) is 19.5 Å². The maximum absolute atomic E-state index is 13.3. The molecule has 2 heterocycles. The Kier molecular flexibility index (Phi) is 10.2. The van der Waals surface area contributed by atoms with Crippen LogP contribution in [0.15, 0.2) is 30.5 Å². The van der Waals surface area contributed by atoms with Gasteiger partial charge in [0.15, 0.2) is 5.82 Å². The summed E-state index contributed by atoms with van der Waals surface area (Å²) in [5, 5.41) is 13.5. The number of benzene rings is 1. The fourth-order valence-electron chi connectivity index (χ4n) is 4.73. The van der Waals surface area contributed by atoms with Gasteiger partial charge >= 0.3 is 12.1 Å². The van der Waals surface area contributed by atoms with Crippen molar-refractivity contribution < 1.29 is 24.2 Å². The molecule has 0 radical (unpaired) electrons. The van der Waals surface area contributed by atoms with E-state index in [2.05, 4.69) is 10.3 Å². The second-order valence-corrected chi connectivity index (χ2v) is 11.5. The molecule has 11 nitrogen and oxygen atoms in total. The number of nitrogens with one attached hydrogen (secondary N) is 1. The number of likely N-dealkylation sites (tertiary alicyclic amines) is 1. The van der Waals surface area contributed by atoms with Gasteiger partial charge in [-0.2, -0.15) is 4.98 Å². The molecule has 0 spiro atoms. The molecule has 1 aromatic carbocycles. The molecule has 41 heavy (non-hydrogen) atoms. The molecule has 2 aromatic rings. The van der Waals surface area contributed by atoms with Crippen LogP contribution >= 0.6 is 0 Å². The molecule has 0 saturated carbocycles. The van der Waals surface area contributed by atoms with Gasteiger partial charge in [0.1, 0.15) is 17.0 Å². The molecule has 0 unspecified atom stereocenters. The Balaban J connectivity index is 1.93. The number of ether oxygens (including phenoxy) is 1. The number of aliphatic carboxylic acids is 1. The maximum Gasteiger partial charge on any atom is 0.415 e. The van der Waals surface area contributed by atoms with Crippen LogP contribution in [-0.2, 0) is 16.0 Å². The molecule has 0 aliphatic carbocycles. The Hall–Kier alpha value is -3.89. The quantitative estimate of drug-likeness (QED) is 0.392. The van der Waals surface area contributed by atoms with Gasteiger partial charge < -0.3 is 29.9 Å². The largest absolute Gasteiger partial charge is 0.480 e. The highest BCUT2D eigenvalue weighted by atomic mass is 16.6. The van der Waals surface area contributed by atoms with E-state index in [1.165, 1.54) is 0 Å². The Morgan fingerprint density at radius 3 is 2.12 bits per heavy atom. The highest BCUT2D eigenvalue weighted by Crippen LogP contribution is 2.32. The number of carbonyl (C=O) groups excluding carboxylic acids is 2. The summed E-state index contributed by atoms with van der Waals surface area (Å²) < 4.78 is 5.48. The lowest BCUT2D eigenvalue weighted by molar-refractivity contribution is -0.141. The number of hydrogen-bond donors (Lipinski definition) is 2.